The zero-order valence-electron chi connectivity index (χ0n) is 13.1. The molecule has 7 heteroatoms. The van der Waals surface area contributed by atoms with Gasteiger partial charge in [0, 0.05) is 24.7 Å². The SMILES string of the molecule is CC(C)N(CCC(=O)O)C(=O)c1cc2c(cc1F)NC(=O)CC2. The number of hydrogen-bond acceptors (Lipinski definition) is 3. The number of halogens is 1. The molecule has 2 amide bonds. The first-order valence-electron chi connectivity index (χ1n) is 7.44. The Hall–Kier alpha value is -2.44. The number of aryl methyl sites for hydroxylation is 1. The van der Waals surface area contributed by atoms with Crippen molar-refractivity contribution < 1.29 is 23.9 Å². The fourth-order valence-electron chi connectivity index (χ4n) is 2.53. The maximum Gasteiger partial charge on any atom is 0.305 e. The number of hydrogen-bond donors (Lipinski definition) is 2. The molecule has 0 saturated heterocycles. The maximum absolute atomic E-state index is 14.3. The molecule has 0 fully saturated rings. The molecule has 0 bridgehead atoms. The molecule has 0 saturated carbocycles. The number of carboxylic acid groups (broad SMARTS) is 1. The molecule has 2 N–H and O–H groups in total. The molecule has 1 heterocycles. The van der Waals surface area contributed by atoms with Crippen molar-refractivity contribution in [3.63, 3.8) is 0 Å². The largest absolute Gasteiger partial charge is 0.481 e. The van der Waals surface area contributed by atoms with Gasteiger partial charge in [-0.25, -0.2) is 4.39 Å². The molecule has 124 valence electrons. The molecule has 0 aliphatic carbocycles. The first-order chi connectivity index (χ1) is 10.8. The van der Waals surface area contributed by atoms with Crippen molar-refractivity contribution in [1.82, 2.24) is 4.90 Å². The van der Waals surface area contributed by atoms with Crippen LogP contribution in [-0.4, -0.2) is 40.4 Å². The summed E-state index contributed by atoms with van der Waals surface area (Å²) in [5.41, 5.74) is 0.993. The molecule has 0 unspecified atom stereocenters. The Bertz CT molecular complexity index is 658. The molecule has 1 aromatic carbocycles. The van der Waals surface area contributed by atoms with Gasteiger partial charge in [0.15, 0.2) is 0 Å². The normalized spacial score (nSPS) is 13.5. The van der Waals surface area contributed by atoms with Crippen LogP contribution >= 0.6 is 0 Å². The highest BCUT2D eigenvalue weighted by molar-refractivity contribution is 5.98. The van der Waals surface area contributed by atoms with Gasteiger partial charge in [0.25, 0.3) is 5.91 Å². The van der Waals surface area contributed by atoms with Crippen molar-refractivity contribution in [2.24, 2.45) is 0 Å². The molecule has 0 atom stereocenters. The lowest BCUT2D eigenvalue weighted by Gasteiger charge is -2.27. The highest BCUT2D eigenvalue weighted by Crippen LogP contribution is 2.27. The smallest absolute Gasteiger partial charge is 0.305 e. The predicted octanol–water partition coefficient (Wildman–Crippen LogP) is 2.04. The van der Waals surface area contributed by atoms with Gasteiger partial charge in [0.2, 0.25) is 5.91 Å². The molecule has 1 aromatic rings. The quantitative estimate of drug-likeness (QED) is 0.868. The van der Waals surface area contributed by atoms with Crippen LogP contribution in [0.2, 0.25) is 0 Å². The van der Waals surface area contributed by atoms with E-state index in [0.29, 0.717) is 24.1 Å². The van der Waals surface area contributed by atoms with E-state index >= 15 is 0 Å². The Labute approximate surface area is 133 Å². The lowest BCUT2D eigenvalue weighted by molar-refractivity contribution is -0.137. The van der Waals surface area contributed by atoms with Crippen LogP contribution < -0.4 is 5.32 Å². The monoisotopic (exact) mass is 322 g/mol. The minimum atomic E-state index is -1.02. The van der Waals surface area contributed by atoms with Crippen LogP contribution in [0.25, 0.3) is 0 Å². The second-order valence-corrected chi connectivity index (χ2v) is 5.77. The van der Waals surface area contributed by atoms with E-state index in [0.717, 1.165) is 6.07 Å². The number of carbonyl (C=O) groups excluding carboxylic acids is 2. The van der Waals surface area contributed by atoms with E-state index in [1.54, 1.807) is 13.8 Å². The molecule has 2 rings (SSSR count). The first-order valence-corrected chi connectivity index (χ1v) is 7.44. The minimum Gasteiger partial charge on any atom is -0.481 e. The van der Waals surface area contributed by atoms with E-state index in [9.17, 15) is 18.8 Å². The second kappa shape index (κ2) is 6.76. The summed E-state index contributed by atoms with van der Waals surface area (Å²) < 4.78 is 14.3. The van der Waals surface area contributed by atoms with Gasteiger partial charge in [-0.05, 0) is 38.0 Å². The lowest BCUT2D eigenvalue weighted by Crippen LogP contribution is -2.39. The number of nitrogens with one attached hydrogen (secondary N) is 1. The van der Waals surface area contributed by atoms with Crippen LogP contribution in [0.1, 0.15) is 42.6 Å². The van der Waals surface area contributed by atoms with Gasteiger partial charge < -0.3 is 15.3 Å². The van der Waals surface area contributed by atoms with Crippen LogP contribution in [0.4, 0.5) is 10.1 Å². The van der Waals surface area contributed by atoms with Gasteiger partial charge in [-0.3, -0.25) is 14.4 Å². The highest BCUT2D eigenvalue weighted by Gasteiger charge is 2.25. The van der Waals surface area contributed by atoms with Gasteiger partial charge in [-0.2, -0.15) is 0 Å². The summed E-state index contributed by atoms with van der Waals surface area (Å²) >= 11 is 0. The van der Waals surface area contributed by atoms with Crippen molar-refractivity contribution in [3.05, 3.63) is 29.1 Å². The van der Waals surface area contributed by atoms with Crippen LogP contribution in [0.3, 0.4) is 0 Å². The Morgan fingerprint density at radius 2 is 2.04 bits per heavy atom. The molecular formula is C16H19FN2O4. The standard InChI is InChI=1S/C16H19FN2O4/c1-9(2)19(6-5-15(21)22)16(23)11-7-10-3-4-14(20)18-13(10)8-12(11)17/h7-9H,3-6H2,1-2H3,(H,18,20)(H,21,22). The summed E-state index contributed by atoms with van der Waals surface area (Å²) in [5.74, 6) is -2.46. The van der Waals surface area contributed by atoms with Crippen LogP contribution in [0.15, 0.2) is 12.1 Å². The summed E-state index contributed by atoms with van der Waals surface area (Å²) in [4.78, 5) is 36.0. The zero-order chi connectivity index (χ0) is 17.1. The number of benzene rings is 1. The molecule has 0 spiro atoms. The number of carbonyl (C=O) groups is 3. The topological polar surface area (TPSA) is 86.7 Å². The van der Waals surface area contributed by atoms with E-state index in [1.165, 1.54) is 11.0 Å². The molecular weight excluding hydrogens is 303 g/mol. The summed E-state index contributed by atoms with van der Waals surface area (Å²) in [7, 11) is 0. The summed E-state index contributed by atoms with van der Waals surface area (Å²) in [6.07, 6.45) is 0.532. The van der Waals surface area contributed by atoms with E-state index < -0.39 is 17.7 Å². The summed E-state index contributed by atoms with van der Waals surface area (Å²) in [6.45, 7) is 3.51. The zero-order valence-corrected chi connectivity index (χ0v) is 13.1. The van der Waals surface area contributed by atoms with Crippen molar-refractivity contribution >= 4 is 23.5 Å². The third kappa shape index (κ3) is 3.85. The highest BCUT2D eigenvalue weighted by atomic mass is 19.1. The number of carboxylic acids is 1. The Kier molecular flexibility index (Phi) is 4.98. The second-order valence-electron chi connectivity index (χ2n) is 5.77. The van der Waals surface area contributed by atoms with Crippen molar-refractivity contribution in [3.8, 4) is 0 Å². The van der Waals surface area contributed by atoms with Gasteiger partial charge in [0.1, 0.15) is 5.82 Å². The predicted molar refractivity (Wildman–Crippen MR) is 81.8 cm³/mol. The third-order valence-corrected chi connectivity index (χ3v) is 3.77. The molecule has 6 nitrogen and oxygen atoms in total. The Balaban J connectivity index is 2.30. The number of fused-ring (bicyclic) bond motifs is 1. The van der Waals surface area contributed by atoms with Gasteiger partial charge in [0.05, 0.1) is 12.0 Å². The van der Waals surface area contributed by atoms with Gasteiger partial charge >= 0.3 is 5.97 Å². The minimum absolute atomic E-state index is 0.0130. The number of nitrogens with zero attached hydrogens (tertiary/aromatic N) is 1. The number of amides is 2. The van der Waals surface area contributed by atoms with Gasteiger partial charge in [-0.15, -0.1) is 0 Å². The molecule has 0 aromatic heterocycles. The van der Waals surface area contributed by atoms with Crippen molar-refractivity contribution in [1.29, 1.82) is 0 Å². The average Bonchev–Trinajstić information content (AvgIpc) is 2.45. The fourth-order valence-corrected chi connectivity index (χ4v) is 2.53. The van der Waals surface area contributed by atoms with Crippen LogP contribution in [-0.2, 0) is 16.0 Å². The average molecular weight is 322 g/mol. The lowest BCUT2D eigenvalue weighted by atomic mass is 9.99. The molecule has 1 aliphatic heterocycles. The molecule has 1 aliphatic rings. The maximum atomic E-state index is 14.3. The first kappa shape index (κ1) is 16.9. The molecule has 0 radical (unpaired) electrons. The van der Waals surface area contributed by atoms with E-state index in [-0.39, 0.29) is 30.5 Å². The fraction of sp³-hybridized carbons (Fsp3) is 0.438. The van der Waals surface area contributed by atoms with Crippen LogP contribution in [0.5, 0.6) is 0 Å². The summed E-state index contributed by atoms with van der Waals surface area (Å²) in [6, 6.07) is 2.34. The van der Waals surface area contributed by atoms with E-state index in [1.807, 2.05) is 0 Å². The number of anilines is 1. The van der Waals surface area contributed by atoms with Crippen LogP contribution in [0, 0.1) is 5.82 Å². The van der Waals surface area contributed by atoms with Crippen molar-refractivity contribution in [2.45, 2.75) is 39.2 Å². The Morgan fingerprint density at radius 3 is 2.65 bits per heavy atom. The number of rotatable bonds is 5. The third-order valence-electron chi connectivity index (χ3n) is 3.77. The van der Waals surface area contributed by atoms with Gasteiger partial charge in [-0.1, -0.05) is 0 Å². The van der Waals surface area contributed by atoms with E-state index in [2.05, 4.69) is 5.32 Å². The molecule has 23 heavy (non-hydrogen) atoms. The van der Waals surface area contributed by atoms with E-state index in [4.69, 9.17) is 5.11 Å². The summed E-state index contributed by atoms with van der Waals surface area (Å²) in [5, 5.41) is 11.4. The Morgan fingerprint density at radius 1 is 1.35 bits per heavy atom. The number of aliphatic carboxylic acids is 1. The van der Waals surface area contributed by atoms with Crippen molar-refractivity contribution in [2.75, 3.05) is 11.9 Å².